The highest BCUT2D eigenvalue weighted by atomic mass is 19.4. The summed E-state index contributed by atoms with van der Waals surface area (Å²) in [4.78, 5) is 39.0. The Morgan fingerprint density at radius 1 is 0.757 bits per heavy atom. The fourth-order valence-electron chi connectivity index (χ4n) is 3.53. The van der Waals surface area contributed by atoms with Crippen LogP contribution < -0.4 is 16.0 Å². The number of anilines is 3. The molecule has 0 radical (unpaired) electrons. The fourth-order valence-corrected chi connectivity index (χ4v) is 3.53. The largest absolute Gasteiger partial charge is 0.416 e. The number of nitrogens with one attached hydrogen (secondary N) is 3. The van der Waals surface area contributed by atoms with Crippen LogP contribution in [0.1, 0.15) is 40.1 Å². The van der Waals surface area contributed by atoms with Gasteiger partial charge in [-0.2, -0.15) is 13.2 Å². The number of hydrogen-bond acceptors (Lipinski definition) is 4. The lowest BCUT2D eigenvalue weighted by Gasteiger charge is -2.18. The first-order valence-corrected chi connectivity index (χ1v) is 11.6. The molecule has 0 spiro atoms. The van der Waals surface area contributed by atoms with Crippen molar-refractivity contribution >= 4 is 34.8 Å². The maximum atomic E-state index is 12.9. The van der Waals surface area contributed by atoms with Gasteiger partial charge in [0.25, 0.3) is 11.8 Å². The van der Waals surface area contributed by atoms with E-state index in [4.69, 9.17) is 0 Å². The van der Waals surface area contributed by atoms with Crippen molar-refractivity contribution in [3.05, 3.63) is 89.5 Å². The van der Waals surface area contributed by atoms with Crippen LogP contribution in [0.3, 0.4) is 0 Å². The molecule has 3 amide bonds. The first-order chi connectivity index (χ1) is 17.6. The zero-order valence-electron chi connectivity index (χ0n) is 20.4. The monoisotopic (exact) mass is 512 g/mol. The van der Waals surface area contributed by atoms with Gasteiger partial charge in [-0.1, -0.05) is 12.1 Å². The molecule has 37 heavy (non-hydrogen) atoms. The van der Waals surface area contributed by atoms with E-state index in [1.54, 1.807) is 41.3 Å². The summed E-state index contributed by atoms with van der Waals surface area (Å²) in [6, 6.07) is 17.2. The van der Waals surface area contributed by atoms with Crippen LogP contribution in [-0.4, -0.2) is 42.3 Å². The van der Waals surface area contributed by atoms with Gasteiger partial charge in [0.2, 0.25) is 5.91 Å². The molecule has 0 aliphatic heterocycles. The average Bonchev–Trinajstić information content (AvgIpc) is 2.88. The average molecular weight is 513 g/mol. The van der Waals surface area contributed by atoms with Crippen LogP contribution in [0, 0.1) is 0 Å². The Balaban J connectivity index is 1.56. The molecule has 3 rings (SSSR count). The van der Waals surface area contributed by atoms with Crippen molar-refractivity contribution in [3.63, 3.8) is 0 Å². The number of alkyl halides is 3. The van der Waals surface area contributed by atoms with E-state index in [1.807, 2.05) is 13.8 Å². The molecular formula is C27H27F3N4O3. The van der Waals surface area contributed by atoms with Crippen LogP contribution in [0.4, 0.5) is 30.2 Å². The summed E-state index contributed by atoms with van der Waals surface area (Å²) in [5.74, 6) is -1.06. The van der Waals surface area contributed by atoms with Crippen LogP contribution in [0.25, 0.3) is 0 Å². The lowest BCUT2D eigenvalue weighted by Crippen LogP contribution is -2.30. The highest BCUT2D eigenvalue weighted by molar-refractivity contribution is 6.05. The van der Waals surface area contributed by atoms with Gasteiger partial charge in [0.15, 0.2) is 0 Å². The number of hydrogen-bond donors (Lipinski definition) is 3. The van der Waals surface area contributed by atoms with Gasteiger partial charge < -0.3 is 20.9 Å². The molecule has 0 unspecified atom stereocenters. The van der Waals surface area contributed by atoms with Gasteiger partial charge in [-0.05, 0) is 74.5 Å². The Hall–Kier alpha value is -4.34. The maximum Gasteiger partial charge on any atom is 0.416 e. The van der Waals surface area contributed by atoms with Crippen LogP contribution >= 0.6 is 0 Å². The van der Waals surface area contributed by atoms with Crippen molar-refractivity contribution in [3.8, 4) is 0 Å². The lowest BCUT2D eigenvalue weighted by atomic mass is 10.1. The van der Waals surface area contributed by atoms with Gasteiger partial charge in [0.05, 0.1) is 12.1 Å². The SMILES string of the molecule is CCN(CC)C(=O)c1ccc(NCC(=O)Nc2cccc(C(=O)Nc3cccc(C(F)(F)F)c3)c2)cc1. The maximum absolute atomic E-state index is 12.9. The van der Waals surface area contributed by atoms with Crippen LogP contribution in [-0.2, 0) is 11.0 Å². The topological polar surface area (TPSA) is 90.5 Å². The molecule has 0 atom stereocenters. The molecule has 7 nitrogen and oxygen atoms in total. The van der Waals surface area contributed by atoms with E-state index in [0.717, 1.165) is 12.1 Å². The van der Waals surface area contributed by atoms with E-state index in [2.05, 4.69) is 16.0 Å². The van der Waals surface area contributed by atoms with Gasteiger partial charge >= 0.3 is 6.18 Å². The minimum atomic E-state index is -4.52. The van der Waals surface area contributed by atoms with Crippen molar-refractivity contribution in [2.24, 2.45) is 0 Å². The normalized spacial score (nSPS) is 10.9. The third kappa shape index (κ3) is 7.57. The van der Waals surface area contributed by atoms with E-state index < -0.39 is 17.6 Å². The second-order valence-electron chi connectivity index (χ2n) is 8.07. The Labute approximate surface area is 212 Å². The summed E-state index contributed by atoms with van der Waals surface area (Å²) in [6.07, 6.45) is -4.52. The van der Waals surface area contributed by atoms with E-state index in [9.17, 15) is 27.6 Å². The van der Waals surface area contributed by atoms with Crippen molar-refractivity contribution in [1.29, 1.82) is 0 Å². The Kier molecular flexibility index (Phi) is 8.89. The highest BCUT2D eigenvalue weighted by Crippen LogP contribution is 2.30. The van der Waals surface area contributed by atoms with Gasteiger partial charge in [0.1, 0.15) is 0 Å². The number of nitrogens with zero attached hydrogens (tertiary/aromatic N) is 1. The molecule has 0 aliphatic rings. The third-order valence-electron chi connectivity index (χ3n) is 5.49. The second kappa shape index (κ2) is 12.1. The number of amides is 3. The van der Waals surface area contributed by atoms with Crippen LogP contribution in [0.5, 0.6) is 0 Å². The van der Waals surface area contributed by atoms with Gasteiger partial charge in [-0.15, -0.1) is 0 Å². The van der Waals surface area contributed by atoms with Crippen LogP contribution in [0.15, 0.2) is 72.8 Å². The summed E-state index contributed by atoms with van der Waals surface area (Å²) in [5.41, 5.74) is 0.854. The molecule has 0 bridgehead atoms. The van der Waals surface area contributed by atoms with Crippen molar-refractivity contribution in [2.75, 3.05) is 35.6 Å². The molecule has 3 aromatic carbocycles. The quantitative estimate of drug-likeness (QED) is 0.354. The van der Waals surface area contributed by atoms with Crippen molar-refractivity contribution < 1.29 is 27.6 Å². The molecule has 0 aliphatic carbocycles. The molecule has 194 valence electrons. The zero-order chi connectivity index (χ0) is 27.0. The van der Waals surface area contributed by atoms with Crippen molar-refractivity contribution in [2.45, 2.75) is 20.0 Å². The summed E-state index contributed by atoms with van der Waals surface area (Å²) >= 11 is 0. The van der Waals surface area contributed by atoms with Gasteiger partial charge in [0, 0.05) is 41.3 Å². The summed E-state index contributed by atoms with van der Waals surface area (Å²) < 4.78 is 38.7. The zero-order valence-corrected chi connectivity index (χ0v) is 20.4. The number of benzene rings is 3. The van der Waals surface area contributed by atoms with Gasteiger partial charge in [-0.25, -0.2) is 0 Å². The lowest BCUT2D eigenvalue weighted by molar-refractivity contribution is -0.137. The predicted molar refractivity (Wildman–Crippen MR) is 137 cm³/mol. The number of halogens is 3. The first-order valence-electron chi connectivity index (χ1n) is 11.6. The standard InChI is InChI=1S/C27H27F3N4O3/c1-3-34(4-2)26(37)18-11-13-21(14-12-18)31-17-24(35)32-22-9-5-7-19(15-22)25(36)33-23-10-6-8-20(16-23)27(28,29)30/h5-16,31H,3-4,17H2,1-2H3,(H,32,35)(H,33,36). The predicted octanol–water partition coefficient (Wildman–Crippen LogP) is 5.49. The van der Waals surface area contributed by atoms with E-state index in [1.165, 1.54) is 24.3 Å². The molecule has 0 heterocycles. The molecule has 0 saturated carbocycles. The number of carbonyl (C=O) groups excluding carboxylic acids is 3. The molecule has 0 aromatic heterocycles. The van der Waals surface area contributed by atoms with E-state index >= 15 is 0 Å². The minimum Gasteiger partial charge on any atom is -0.376 e. The number of carbonyl (C=O) groups is 3. The van der Waals surface area contributed by atoms with E-state index in [0.29, 0.717) is 30.0 Å². The first kappa shape index (κ1) is 27.3. The van der Waals surface area contributed by atoms with Crippen molar-refractivity contribution in [1.82, 2.24) is 4.90 Å². The number of rotatable bonds is 9. The Bertz CT molecular complexity index is 1260. The molecule has 3 aromatic rings. The van der Waals surface area contributed by atoms with E-state index in [-0.39, 0.29) is 29.6 Å². The smallest absolute Gasteiger partial charge is 0.376 e. The third-order valence-corrected chi connectivity index (χ3v) is 5.49. The second-order valence-corrected chi connectivity index (χ2v) is 8.07. The molecule has 0 saturated heterocycles. The molecule has 10 heteroatoms. The molecule has 0 fully saturated rings. The minimum absolute atomic E-state index is 0.00304. The summed E-state index contributed by atoms with van der Waals surface area (Å²) in [7, 11) is 0. The Morgan fingerprint density at radius 2 is 1.38 bits per heavy atom. The summed E-state index contributed by atoms with van der Waals surface area (Å²) in [6.45, 7) is 4.99. The van der Waals surface area contributed by atoms with Gasteiger partial charge in [-0.3, -0.25) is 14.4 Å². The Morgan fingerprint density at radius 3 is 2.00 bits per heavy atom. The summed E-state index contributed by atoms with van der Waals surface area (Å²) in [5, 5.41) is 8.07. The van der Waals surface area contributed by atoms with Crippen LogP contribution in [0.2, 0.25) is 0 Å². The fraction of sp³-hybridized carbons (Fsp3) is 0.222. The molecular weight excluding hydrogens is 485 g/mol. The molecule has 3 N–H and O–H groups in total. The highest BCUT2D eigenvalue weighted by Gasteiger charge is 2.30.